The molecular weight excluding hydrogens is 332 g/mol. The van der Waals surface area contributed by atoms with Crippen LogP contribution in [0.25, 0.3) is 0 Å². The van der Waals surface area contributed by atoms with Crippen LogP contribution < -0.4 is 10.9 Å². The van der Waals surface area contributed by atoms with E-state index in [1.165, 1.54) is 0 Å². The molecule has 4 nitrogen and oxygen atoms in total. The van der Waals surface area contributed by atoms with Crippen molar-refractivity contribution in [2.24, 2.45) is 0 Å². The van der Waals surface area contributed by atoms with Crippen molar-refractivity contribution >= 4 is 27.4 Å². The van der Waals surface area contributed by atoms with E-state index in [1.54, 1.807) is 19.2 Å². The van der Waals surface area contributed by atoms with Gasteiger partial charge in [-0.1, -0.05) is 35.0 Å². The van der Waals surface area contributed by atoms with Gasteiger partial charge < -0.3 is 10.3 Å². The van der Waals surface area contributed by atoms with Gasteiger partial charge in [0.05, 0.1) is 5.56 Å². The van der Waals surface area contributed by atoms with Gasteiger partial charge >= 0.3 is 0 Å². The average molecular weight is 349 g/mol. The third kappa shape index (κ3) is 2.93. The number of anilines is 1. The fourth-order valence-electron chi connectivity index (χ4n) is 2.47. The number of carbonyl (C=O) groups is 1. The zero-order valence-electron chi connectivity index (χ0n) is 12.2. The fourth-order valence-corrected chi connectivity index (χ4v) is 2.86. The highest BCUT2D eigenvalue weighted by Gasteiger charge is 2.21. The second kappa shape index (κ2) is 6.26. The van der Waals surface area contributed by atoms with E-state index < -0.39 is 0 Å². The van der Waals surface area contributed by atoms with E-state index >= 15 is 0 Å². The summed E-state index contributed by atoms with van der Waals surface area (Å²) in [4.78, 5) is 27.7. The first-order valence-corrected chi connectivity index (χ1v) is 7.52. The molecule has 0 atom stereocenters. The van der Waals surface area contributed by atoms with E-state index in [9.17, 15) is 9.59 Å². The Kier molecular flexibility index (Phi) is 4.63. The Labute approximate surface area is 131 Å². The molecule has 0 aliphatic carbocycles. The number of aromatic amines is 1. The van der Waals surface area contributed by atoms with E-state index in [0.717, 1.165) is 15.7 Å². The smallest absolute Gasteiger partial charge is 0.272 e. The number of halogens is 1. The summed E-state index contributed by atoms with van der Waals surface area (Å²) in [5.41, 5.74) is 2.66. The summed E-state index contributed by atoms with van der Waals surface area (Å²) in [6.45, 7) is 3.79. The Morgan fingerprint density at radius 3 is 2.67 bits per heavy atom. The Balaban J connectivity index is 2.72. The number of H-pyrrole nitrogens is 1. The summed E-state index contributed by atoms with van der Waals surface area (Å²) in [6.07, 6.45) is 0.673. The highest BCUT2D eigenvalue weighted by Crippen LogP contribution is 2.23. The van der Waals surface area contributed by atoms with Gasteiger partial charge in [-0.3, -0.25) is 9.59 Å². The van der Waals surface area contributed by atoms with Crippen LogP contribution in [-0.2, 0) is 6.42 Å². The van der Waals surface area contributed by atoms with Crippen LogP contribution in [0, 0.1) is 6.92 Å². The average Bonchev–Trinajstić information content (AvgIpc) is 2.46. The van der Waals surface area contributed by atoms with Crippen molar-refractivity contribution in [2.45, 2.75) is 20.3 Å². The van der Waals surface area contributed by atoms with Crippen LogP contribution >= 0.6 is 15.9 Å². The molecule has 0 fully saturated rings. The maximum Gasteiger partial charge on any atom is 0.272 e. The topological polar surface area (TPSA) is 62.0 Å². The molecule has 0 saturated heterocycles. The van der Waals surface area contributed by atoms with E-state index in [4.69, 9.17) is 0 Å². The molecule has 0 saturated carbocycles. The van der Waals surface area contributed by atoms with Gasteiger partial charge in [-0.05, 0) is 31.0 Å². The van der Waals surface area contributed by atoms with Gasteiger partial charge in [-0.25, -0.2) is 0 Å². The van der Waals surface area contributed by atoms with Gasteiger partial charge in [0, 0.05) is 22.8 Å². The standard InChI is InChI=1S/C16H17BrN2O2/c1-4-12-9(2)19-16(21)14(18-3)13(12)15(20)10-6-5-7-11(17)8-10/h5-8,18H,4H2,1-3H3,(H,19,21). The van der Waals surface area contributed by atoms with Crippen LogP contribution in [0.1, 0.15) is 34.1 Å². The lowest BCUT2D eigenvalue weighted by Crippen LogP contribution is -2.21. The normalized spacial score (nSPS) is 10.5. The minimum atomic E-state index is -0.273. The Morgan fingerprint density at radius 2 is 2.10 bits per heavy atom. The molecule has 2 N–H and O–H groups in total. The van der Waals surface area contributed by atoms with Crippen molar-refractivity contribution in [1.82, 2.24) is 4.98 Å². The van der Waals surface area contributed by atoms with Gasteiger partial charge in [-0.15, -0.1) is 0 Å². The number of pyridine rings is 1. The molecule has 110 valence electrons. The van der Waals surface area contributed by atoms with Gasteiger partial charge in [0.25, 0.3) is 5.56 Å². The lowest BCUT2D eigenvalue weighted by molar-refractivity contribution is 0.103. The molecule has 2 aromatic rings. The first-order valence-electron chi connectivity index (χ1n) is 6.73. The third-order valence-electron chi connectivity index (χ3n) is 3.45. The molecule has 0 aliphatic heterocycles. The minimum absolute atomic E-state index is 0.147. The van der Waals surface area contributed by atoms with E-state index in [2.05, 4.69) is 26.2 Å². The molecule has 0 unspecified atom stereocenters. The number of rotatable bonds is 4. The molecule has 1 aromatic heterocycles. The summed E-state index contributed by atoms with van der Waals surface area (Å²) in [6, 6.07) is 7.18. The molecular formula is C16H17BrN2O2. The fraction of sp³-hybridized carbons (Fsp3) is 0.250. The van der Waals surface area contributed by atoms with E-state index in [0.29, 0.717) is 23.2 Å². The van der Waals surface area contributed by atoms with Gasteiger partial charge in [0.2, 0.25) is 0 Å². The Hall–Kier alpha value is -1.88. The SMILES string of the molecule is CCc1c(C)[nH]c(=O)c(NC)c1C(=O)c1cccc(Br)c1. The van der Waals surface area contributed by atoms with Crippen LogP contribution in [0.2, 0.25) is 0 Å². The number of carbonyl (C=O) groups excluding carboxylic acids is 1. The van der Waals surface area contributed by atoms with Gasteiger partial charge in [0.15, 0.2) is 5.78 Å². The zero-order chi connectivity index (χ0) is 15.6. The molecule has 0 radical (unpaired) electrons. The monoisotopic (exact) mass is 348 g/mol. The molecule has 0 aliphatic rings. The first-order chi connectivity index (χ1) is 9.99. The predicted octanol–water partition coefficient (Wildman–Crippen LogP) is 3.28. The van der Waals surface area contributed by atoms with Crippen LogP contribution in [0.4, 0.5) is 5.69 Å². The third-order valence-corrected chi connectivity index (χ3v) is 3.94. The minimum Gasteiger partial charge on any atom is -0.383 e. The zero-order valence-corrected chi connectivity index (χ0v) is 13.8. The summed E-state index contributed by atoms with van der Waals surface area (Å²) >= 11 is 3.37. The summed E-state index contributed by atoms with van der Waals surface area (Å²) in [5.74, 6) is -0.147. The van der Waals surface area contributed by atoms with Crippen molar-refractivity contribution in [3.63, 3.8) is 0 Å². The lowest BCUT2D eigenvalue weighted by Gasteiger charge is -2.14. The molecule has 1 heterocycles. The lowest BCUT2D eigenvalue weighted by atomic mass is 9.95. The van der Waals surface area contributed by atoms with Gasteiger partial charge in [-0.2, -0.15) is 0 Å². The molecule has 5 heteroatoms. The largest absolute Gasteiger partial charge is 0.383 e. The molecule has 0 bridgehead atoms. The molecule has 0 amide bonds. The Bertz CT molecular complexity index is 750. The molecule has 2 rings (SSSR count). The highest BCUT2D eigenvalue weighted by atomic mass is 79.9. The Morgan fingerprint density at radius 1 is 1.38 bits per heavy atom. The van der Waals surface area contributed by atoms with Gasteiger partial charge in [0.1, 0.15) is 5.69 Å². The number of aromatic nitrogens is 1. The van der Waals surface area contributed by atoms with E-state index in [-0.39, 0.29) is 11.3 Å². The van der Waals surface area contributed by atoms with Crippen molar-refractivity contribution in [2.75, 3.05) is 12.4 Å². The number of benzene rings is 1. The van der Waals surface area contributed by atoms with Crippen LogP contribution in [0.15, 0.2) is 33.5 Å². The van der Waals surface area contributed by atoms with Crippen LogP contribution in [0.5, 0.6) is 0 Å². The van der Waals surface area contributed by atoms with Crippen molar-refractivity contribution in [1.29, 1.82) is 0 Å². The summed E-state index contributed by atoms with van der Waals surface area (Å²) in [5, 5.41) is 2.85. The molecule has 21 heavy (non-hydrogen) atoms. The first kappa shape index (κ1) is 15.5. The molecule has 0 spiro atoms. The van der Waals surface area contributed by atoms with E-state index in [1.807, 2.05) is 26.0 Å². The second-order valence-electron chi connectivity index (χ2n) is 4.75. The maximum absolute atomic E-state index is 12.8. The van der Waals surface area contributed by atoms with Crippen LogP contribution in [0.3, 0.4) is 0 Å². The van der Waals surface area contributed by atoms with Crippen LogP contribution in [-0.4, -0.2) is 17.8 Å². The molecule has 1 aromatic carbocycles. The number of ketones is 1. The maximum atomic E-state index is 12.8. The van der Waals surface area contributed by atoms with Crippen molar-refractivity contribution in [3.05, 3.63) is 61.5 Å². The quantitative estimate of drug-likeness (QED) is 0.833. The second-order valence-corrected chi connectivity index (χ2v) is 5.67. The van der Waals surface area contributed by atoms with Crippen molar-refractivity contribution < 1.29 is 4.79 Å². The summed E-state index contributed by atoms with van der Waals surface area (Å²) in [7, 11) is 1.65. The summed E-state index contributed by atoms with van der Waals surface area (Å²) < 4.78 is 0.832. The highest BCUT2D eigenvalue weighted by molar-refractivity contribution is 9.10. The number of aryl methyl sites for hydroxylation is 1. The number of nitrogens with one attached hydrogen (secondary N) is 2. The number of hydrogen-bond acceptors (Lipinski definition) is 3. The predicted molar refractivity (Wildman–Crippen MR) is 88.3 cm³/mol. The van der Waals surface area contributed by atoms with Crippen molar-refractivity contribution in [3.8, 4) is 0 Å². The number of hydrogen-bond donors (Lipinski definition) is 2.